The number of nitrogens with two attached hydrogens (primary N) is 1. The van der Waals surface area contributed by atoms with Crippen LogP contribution in [0.4, 0.5) is 24.9 Å². The number of pyridine rings is 1. The Bertz CT molecular complexity index is 1730. The molecule has 3 aromatic heterocycles. The van der Waals surface area contributed by atoms with Crippen LogP contribution in [0.25, 0.3) is 16.9 Å². The van der Waals surface area contributed by atoms with Crippen LogP contribution >= 0.6 is 11.6 Å². The van der Waals surface area contributed by atoms with E-state index in [9.17, 15) is 22.8 Å². The number of carbonyl (C=O) groups excluding carboxylic acids is 2. The van der Waals surface area contributed by atoms with Gasteiger partial charge in [-0.25, -0.2) is 15.0 Å². The summed E-state index contributed by atoms with van der Waals surface area (Å²) in [6.07, 6.45) is -0.460. The topological polar surface area (TPSA) is 119 Å². The molecule has 1 saturated heterocycles. The molecule has 3 N–H and O–H groups in total. The van der Waals surface area contributed by atoms with Crippen LogP contribution in [0.15, 0.2) is 48.8 Å². The first-order valence-electron chi connectivity index (χ1n) is 12.6. The van der Waals surface area contributed by atoms with Crippen molar-refractivity contribution < 1.29 is 22.8 Å². The molecule has 1 aliphatic rings. The highest BCUT2D eigenvalue weighted by atomic mass is 35.5. The van der Waals surface area contributed by atoms with Gasteiger partial charge in [0.25, 0.3) is 11.8 Å². The van der Waals surface area contributed by atoms with Gasteiger partial charge in [-0.05, 0) is 62.1 Å². The third-order valence-corrected chi connectivity index (χ3v) is 7.05. The summed E-state index contributed by atoms with van der Waals surface area (Å²) in [6.45, 7) is 2.67. The van der Waals surface area contributed by atoms with Gasteiger partial charge < -0.3 is 16.0 Å². The maximum Gasteiger partial charge on any atom is 0.416 e. The van der Waals surface area contributed by atoms with Gasteiger partial charge in [0.2, 0.25) is 5.95 Å². The smallest absolute Gasteiger partial charge is 0.369 e. The number of anilines is 2. The molecule has 1 fully saturated rings. The van der Waals surface area contributed by atoms with Crippen molar-refractivity contribution in [1.82, 2.24) is 24.3 Å². The number of benzene rings is 1. The third-order valence-electron chi connectivity index (χ3n) is 6.74. The molecule has 0 spiro atoms. The molecule has 0 saturated carbocycles. The van der Waals surface area contributed by atoms with Gasteiger partial charge in [-0.15, -0.1) is 0 Å². The highest BCUT2D eigenvalue weighted by Crippen LogP contribution is 2.36. The summed E-state index contributed by atoms with van der Waals surface area (Å²) in [6, 6.07) is 7.78. The number of rotatable bonds is 4. The molecule has 1 aromatic carbocycles. The van der Waals surface area contributed by atoms with Gasteiger partial charge in [-0.3, -0.25) is 14.0 Å². The standard InChI is InChI=1S/C28H23ClF3N7O2/c1-2-4-23(40)38-12-3-5-17(15-38)24-21-9-11-35-27(33)39(21)25(37-24)19-7-6-16(13-20(19)29)26(41)36-22-14-18(8-10-34-22)28(30,31)32/h6-11,13-14,17H,3,5,12,15H2,1H3,(H2,33,35)(H,34,36,41). The predicted molar refractivity (Wildman–Crippen MR) is 147 cm³/mol. The fourth-order valence-corrected chi connectivity index (χ4v) is 5.10. The molecule has 41 heavy (non-hydrogen) atoms. The summed E-state index contributed by atoms with van der Waals surface area (Å²) in [5.41, 5.74) is 7.30. The predicted octanol–water partition coefficient (Wildman–Crippen LogP) is 5.03. The lowest BCUT2D eigenvalue weighted by Gasteiger charge is -2.30. The van der Waals surface area contributed by atoms with Gasteiger partial charge in [-0.2, -0.15) is 13.2 Å². The van der Waals surface area contributed by atoms with E-state index in [-0.39, 0.29) is 34.2 Å². The van der Waals surface area contributed by atoms with Crippen LogP contribution in [0.3, 0.4) is 0 Å². The van der Waals surface area contributed by atoms with E-state index in [0.717, 1.165) is 36.9 Å². The number of nitrogens with one attached hydrogen (secondary N) is 1. The maximum absolute atomic E-state index is 13.0. The van der Waals surface area contributed by atoms with Crippen molar-refractivity contribution in [2.75, 3.05) is 24.1 Å². The fourth-order valence-electron chi connectivity index (χ4n) is 4.84. The second-order valence-electron chi connectivity index (χ2n) is 9.39. The van der Waals surface area contributed by atoms with Gasteiger partial charge >= 0.3 is 6.18 Å². The molecule has 0 radical (unpaired) electrons. The number of hydrogen-bond acceptors (Lipinski definition) is 6. The Hall–Kier alpha value is -4.63. The lowest BCUT2D eigenvalue weighted by molar-refractivity contribution is -0.137. The average Bonchev–Trinajstić information content (AvgIpc) is 3.33. The molecule has 2 amide bonds. The summed E-state index contributed by atoms with van der Waals surface area (Å²) >= 11 is 6.62. The summed E-state index contributed by atoms with van der Waals surface area (Å²) in [7, 11) is 0. The van der Waals surface area contributed by atoms with Crippen LogP contribution in [0.1, 0.15) is 47.3 Å². The van der Waals surface area contributed by atoms with Crippen LogP contribution in [0.2, 0.25) is 5.02 Å². The van der Waals surface area contributed by atoms with Crippen molar-refractivity contribution >= 4 is 40.7 Å². The number of carbonyl (C=O) groups is 2. The fraction of sp³-hybridized carbons (Fsp3) is 0.250. The average molecular weight is 582 g/mol. The first kappa shape index (κ1) is 27.9. The minimum absolute atomic E-state index is 0.0827. The number of alkyl halides is 3. The van der Waals surface area contributed by atoms with Crippen molar-refractivity contribution in [3.63, 3.8) is 0 Å². The number of aromatic nitrogens is 4. The zero-order valence-electron chi connectivity index (χ0n) is 21.7. The summed E-state index contributed by atoms with van der Waals surface area (Å²) in [5, 5.41) is 2.53. The van der Waals surface area contributed by atoms with E-state index in [2.05, 4.69) is 27.1 Å². The number of fused-ring (bicyclic) bond motifs is 1. The van der Waals surface area contributed by atoms with E-state index >= 15 is 0 Å². The van der Waals surface area contributed by atoms with Crippen LogP contribution in [-0.2, 0) is 11.0 Å². The highest BCUT2D eigenvalue weighted by Gasteiger charge is 2.31. The molecule has 0 bridgehead atoms. The van der Waals surface area contributed by atoms with Gasteiger partial charge in [0.05, 0.1) is 21.8 Å². The number of imidazole rings is 1. The number of nitrogens with zero attached hydrogens (tertiary/aromatic N) is 5. The maximum atomic E-state index is 13.0. The Morgan fingerprint density at radius 2 is 1.93 bits per heavy atom. The number of amides is 2. The van der Waals surface area contributed by atoms with E-state index in [1.165, 1.54) is 12.1 Å². The molecular weight excluding hydrogens is 559 g/mol. The van der Waals surface area contributed by atoms with Crippen LogP contribution in [0.5, 0.6) is 0 Å². The van der Waals surface area contributed by atoms with E-state index in [1.54, 1.807) is 34.6 Å². The molecule has 210 valence electrons. The molecule has 1 unspecified atom stereocenters. The van der Waals surface area contributed by atoms with E-state index < -0.39 is 17.6 Å². The molecule has 1 atom stereocenters. The lowest BCUT2D eigenvalue weighted by atomic mass is 9.94. The number of likely N-dealkylation sites (tertiary alicyclic amines) is 1. The van der Waals surface area contributed by atoms with Crippen molar-refractivity contribution in [2.45, 2.75) is 31.9 Å². The molecule has 5 rings (SSSR count). The molecule has 9 nitrogen and oxygen atoms in total. The van der Waals surface area contributed by atoms with Gasteiger partial charge in [0.1, 0.15) is 11.6 Å². The number of halogens is 4. The Labute approximate surface area is 237 Å². The van der Waals surface area contributed by atoms with Crippen molar-refractivity contribution in [3.8, 4) is 23.2 Å². The van der Waals surface area contributed by atoms with Crippen molar-refractivity contribution in [2.24, 2.45) is 0 Å². The highest BCUT2D eigenvalue weighted by molar-refractivity contribution is 6.33. The van der Waals surface area contributed by atoms with Gasteiger partial charge in [0.15, 0.2) is 0 Å². The quantitative estimate of drug-likeness (QED) is 0.327. The molecule has 1 aliphatic heterocycles. The summed E-state index contributed by atoms with van der Waals surface area (Å²) in [5.74, 6) is 4.54. The van der Waals surface area contributed by atoms with Crippen molar-refractivity contribution in [1.29, 1.82) is 0 Å². The normalized spacial score (nSPS) is 15.3. The molecular formula is C28H23ClF3N7O2. The largest absolute Gasteiger partial charge is 0.416 e. The van der Waals surface area contributed by atoms with Crippen LogP contribution in [0, 0.1) is 11.8 Å². The summed E-state index contributed by atoms with van der Waals surface area (Å²) in [4.78, 5) is 39.8. The Kier molecular flexibility index (Phi) is 7.55. The van der Waals surface area contributed by atoms with Crippen LogP contribution in [-0.4, -0.2) is 49.2 Å². The Morgan fingerprint density at radius 3 is 2.66 bits per heavy atom. The van der Waals surface area contributed by atoms with Crippen LogP contribution < -0.4 is 11.1 Å². The van der Waals surface area contributed by atoms with E-state index in [0.29, 0.717) is 30.0 Å². The first-order valence-corrected chi connectivity index (χ1v) is 12.9. The number of nitrogen functional groups attached to an aromatic ring is 1. The molecule has 13 heteroatoms. The van der Waals surface area contributed by atoms with Crippen molar-refractivity contribution in [3.05, 3.63) is 70.6 Å². The number of piperidine rings is 1. The zero-order valence-corrected chi connectivity index (χ0v) is 22.4. The number of hydrogen-bond donors (Lipinski definition) is 2. The first-order chi connectivity index (χ1) is 19.6. The molecule has 4 aromatic rings. The SMILES string of the molecule is CC#CC(=O)N1CCCC(c2nc(-c3ccc(C(=O)Nc4cc(C(F)(F)F)ccn4)cc3Cl)n3c(N)nccc23)C1. The Balaban J connectivity index is 1.47. The summed E-state index contributed by atoms with van der Waals surface area (Å²) < 4.78 is 40.8. The molecule has 0 aliphatic carbocycles. The minimum Gasteiger partial charge on any atom is -0.369 e. The second kappa shape index (κ2) is 11.1. The Morgan fingerprint density at radius 1 is 1.15 bits per heavy atom. The van der Waals surface area contributed by atoms with E-state index in [1.807, 2.05) is 0 Å². The molecule has 4 heterocycles. The minimum atomic E-state index is -4.58. The second-order valence-corrected chi connectivity index (χ2v) is 9.79. The van der Waals surface area contributed by atoms with Gasteiger partial charge in [0, 0.05) is 42.5 Å². The monoisotopic (exact) mass is 581 g/mol. The zero-order chi connectivity index (χ0) is 29.3. The lowest BCUT2D eigenvalue weighted by Crippen LogP contribution is -2.38. The third kappa shape index (κ3) is 5.67. The van der Waals surface area contributed by atoms with Gasteiger partial charge in [-0.1, -0.05) is 17.5 Å². The van der Waals surface area contributed by atoms with E-state index in [4.69, 9.17) is 22.3 Å².